The van der Waals surface area contributed by atoms with E-state index in [1.165, 1.54) is 10.4 Å². The van der Waals surface area contributed by atoms with Crippen LogP contribution in [-0.4, -0.2) is 53.4 Å². The molecular formula is C31H32N4O5S2. The van der Waals surface area contributed by atoms with Crippen molar-refractivity contribution in [2.75, 3.05) is 18.4 Å². The molecule has 1 aromatic heterocycles. The summed E-state index contributed by atoms with van der Waals surface area (Å²) in [5.41, 5.74) is 1.47. The molecule has 1 aliphatic heterocycles. The fourth-order valence-corrected chi connectivity index (χ4v) is 7.80. The number of benzene rings is 3. The molecule has 218 valence electrons. The van der Waals surface area contributed by atoms with Gasteiger partial charge in [-0.1, -0.05) is 81.5 Å². The quantitative estimate of drug-likeness (QED) is 0.237. The largest absolute Gasteiger partial charge is 0.300 e. The summed E-state index contributed by atoms with van der Waals surface area (Å²) in [4.78, 5) is 46.0. The maximum atomic E-state index is 13.7. The Morgan fingerprint density at radius 1 is 0.881 bits per heavy atom. The highest BCUT2D eigenvalue weighted by atomic mass is 32.2. The van der Waals surface area contributed by atoms with Crippen molar-refractivity contribution in [3.05, 3.63) is 89.5 Å². The average molecular weight is 605 g/mol. The van der Waals surface area contributed by atoms with Crippen molar-refractivity contribution in [2.45, 2.75) is 38.6 Å². The van der Waals surface area contributed by atoms with Gasteiger partial charge in [0.05, 0.1) is 26.2 Å². The lowest BCUT2D eigenvalue weighted by molar-refractivity contribution is -0.120. The van der Waals surface area contributed by atoms with Crippen LogP contribution in [0.15, 0.2) is 77.7 Å². The number of imide groups is 1. The van der Waals surface area contributed by atoms with Gasteiger partial charge in [0.1, 0.15) is 6.04 Å². The monoisotopic (exact) mass is 604 g/mol. The van der Waals surface area contributed by atoms with Crippen LogP contribution in [0.5, 0.6) is 0 Å². The molecule has 3 amide bonds. The third-order valence-electron chi connectivity index (χ3n) is 6.81. The molecule has 42 heavy (non-hydrogen) atoms. The molecule has 1 unspecified atom stereocenters. The van der Waals surface area contributed by atoms with Gasteiger partial charge in [0.15, 0.2) is 5.13 Å². The van der Waals surface area contributed by atoms with Gasteiger partial charge < -0.3 is 0 Å². The smallest absolute Gasteiger partial charge is 0.262 e. The van der Waals surface area contributed by atoms with E-state index in [1.54, 1.807) is 66.7 Å². The van der Waals surface area contributed by atoms with Crippen LogP contribution in [0.25, 0.3) is 10.2 Å². The molecule has 4 aromatic rings. The summed E-state index contributed by atoms with van der Waals surface area (Å²) >= 11 is 1.13. The average Bonchev–Trinajstić information content (AvgIpc) is 3.46. The van der Waals surface area contributed by atoms with Gasteiger partial charge in [0.2, 0.25) is 10.0 Å². The van der Waals surface area contributed by atoms with Gasteiger partial charge in [-0.3, -0.25) is 24.6 Å². The molecule has 3 aromatic carbocycles. The maximum Gasteiger partial charge on any atom is 0.262 e. The van der Waals surface area contributed by atoms with Crippen molar-refractivity contribution in [3.8, 4) is 0 Å². The molecule has 5 rings (SSSR count). The fourth-order valence-electron chi connectivity index (χ4n) is 5.02. The summed E-state index contributed by atoms with van der Waals surface area (Å²) in [6.45, 7) is 8.73. The van der Waals surface area contributed by atoms with E-state index in [0.717, 1.165) is 16.2 Å². The van der Waals surface area contributed by atoms with Crippen LogP contribution in [0.1, 0.15) is 60.0 Å². The maximum absolute atomic E-state index is 13.7. The highest BCUT2D eigenvalue weighted by molar-refractivity contribution is 7.89. The first kappa shape index (κ1) is 29.6. The molecule has 0 bridgehead atoms. The molecule has 0 aliphatic carbocycles. The molecule has 0 saturated carbocycles. The number of anilines is 1. The Bertz CT molecular complexity index is 1720. The number of nitrogens with one attached hydrogen (secondary N) is 1. The van der Waals surface area contributed by atoms with Gasteiger partial charge in [-0.25, -0.2) is 13.4 Å². The lowest BCUT2D eigenvalue weighted by atomic mass is 10.0. The van der Waals surface area contributed by atoms with E-state index < -0.39 is 33.8 Å². The SMILES string of the molecule is CC(C)CN(CC(C)C)S(=O)(=O)c1ccc2nc(NC(=O)C(c3ccccc3)N3C(=O)c4ccccc4C3=O)sc2c1. The highest BCUT2D eigenvalue weighted by Gasteiger charge is 2.43. The molecule has 0 fully saturated rings. The van der Waals surface area contributed by atoms with Crippen LogP contribution < -0.4 is 5.32 Å². The zero-order valence-corrected chi connectivity index (χ0v) is 25.4. The number of sulfonamides is 1. The summed E-state index contributed by atoms with van der Waals surface area (Å²) in [5.74, 6) is -1.39. The van der Waals surface area contributed by atoms with E-state index in [2.05, 4.69) is 10.3 Å². The minimum atomic E-state index is -3.75. The molecular weight excluding hydrogens is 572 g/mol. The number of nitrogens with zero attached hydrogens (tertiary/aromatic N) is 3. The van der Waals surface area contributed by atoms with Gasteiger partial charge >= 0.3 is 0 Å². The van der Waals surface area contributed by atoms with Crippen molar-refractivity contribution in [2.24, 2.45) is 11.8 Å². The molecule has 1 N–H and O–H groups in total. The first-order valence-corrected chi connectivity index (χ1v) is 16.0. The summed E-state index contributed by atoms with van der Waals surface area (Å²) in [5, 5.41) is 3.00. The predicted octanol–water partition coefficient (Wildman–Crippen LogP) is 5.58. The van der Waals surface area contributed by atoms with Gasteiger partial charge in [0.25, 0.3) is 17.7 Å². The number of rotatable bonds is 10. The fraction of sp³-hybridized carbons (Fsp3) is 0.290. The topological polar surface area (TPSA) is 117 Å². The molecule has 1 atom stereocenters. The van der Waals surface area contributed by atoms with Crippen LogP contribution in [0.3, 0.4) is 0 Å². The zero-order chi connectivity index (χ0) is 30.2. The second kappa shape index (κ2) is 11.7. The van der Waals surface area contributed by atoms with E-state index in [0.29, 0.717) is 28.9 Å². The van der Waals surface area contributed by atoms with Crippen LogP contribution in [0.2, 0.25) is 0 Å². The predicted molar refractivity (Wildman–Crippen MR) is 163 cm³/mol. The molecule has 2 heterocycles. The van der Waals surface area contributed by atoms with Crippen LogP contribution >= 0.6 is 11.3 Å². The van der Waals surface area contributed by atoms with Crippen molar-refractivity contribution < 1.29 is 22.8 Å². The lowest BCUT2D eigenvalue weighted by Gasteiger charge is -2.25. The normalized spacial score (nSPS) is 14.3. The third kappa shape index (κ3) is 5.72. The van der Waals surface area contributed by atoms with Gasteiger partial charge in [-0.05, 0) is 47.7 Å². The molecule has 0 saturated heterocycles. The Hall–Kier alpha value is -3.93. The van der Waals surface area contributed by atoms with Crippen LogP contribution in [0.4, 0.5) is 5.13 Å². The number of fused-ring (bicyclic) bond motifs is 2. The van der Waals surface area contributed by atoms with E-state index >= 15 is 0 Å². The number of aromatic nitrogens is 1. The minimum Gasteiger partial charge on any atom is -0.300 e. The van der Waals surface area contributed by atoms with Gasteiger partial charge in [0, 0.05) is 13.1 Å². The standard InChI is InChI=1S/C31H32N4O5S2/c1-19(2)17-34(18-20(3)4)42(39,40)22-14-15-25-26(16-22)41-31(32-25)33-28(36)27(21-10-6-5-7-11-21)35-29(37)23-12-8-9-13-24(23)30(35)38/h5-16,19-20,27H,17-18H2,1-4H3,(H,32,33,36). The summed E-state index contributed by atoms with van der Waals surface area (Å²) in [6, 6.07) is 18.6. The second-order valence-corrected chi connectivity index (χ2v) is 14.1. The Kier molecular flexibility index (Phi) is 8.27. The van der Waals surface area contributed by atoms with Crippen molar-refractivity contribution >= 4 is 54.4 Å². The molecule has 0 spiro atoms. The Labute approximate surface area is 249 Å². The first-order valence-electron chi connectivity index (χ1n) is 13.7. The second-order valence-electron chi connectivity index (χ2n) is 11.1. The first-order chi connectivity index (χ1) is 20.0. The third-order valence-corrected chi connectivity index (χ3v) is 9.57. The Morgan fingerprint density at radius 3 is 2.02 bits per heavy atom. The van der Waals surface area contributed by atoms with Crippen molar-refractivity contribution in [3.63, 3.8) is 0 Å². The summed E-state index contributed by atoms with van der Waals surface area (Å²) in [7, 11) is -3.75. The molecule has 9 nitrogen and oxygen atoms in total. The molecule has 1 aliphatic rings. The van der Waals surface area contributed by atoms with E-state index in [1.807, 2.05) is 27.7 Å². The number of hydrogen-bond acceptors (Lipinski definition) is 7. The van der Waals surface area contributed by atoms with Crippen LogP contribution in [-0.2, 0) is 14.8 Å². The van der Waals surface area contributed by atoms with Gasteiger partial charge in [-0.2, -0.15) is 4.31 Å². The number of thiazole rings is 1. The number of carbonyl (C=O) groups is 3. The Balaban J connectivity index is 1.45. The summed E-state index contributed by atoms with van der Waals surface area (Å²) in [6.07, 6.45) is 0. The number of carbonyl (C=O) groups excluding carboxylic acids is 3. The zero-order valence-electron chi connectivity index (χ0n) is 23.8. The van der Waals surface area contributed by atoms with E-state index in [4.69, 9.17) is 0 Å². The highest BCUT2D eigenvalue weighted by Crippen LogP contribution is 2.34. The van der Waals surface area contributed by atoms with Crippen molar-refractivity contribution in [1.29, 1.82) is 0 Å². The Morgan fingerprint density at radius 2 is 1.45 bits per heavy atom. The summed E-state index contributed by atoms with van der Waals surface area (Å²) < 4.78 is 29.2. The minimum absolute atomic E-state index is 0.158. The number of hydrogen-bond donors (Lipinski definition) is 1. The van der Waals surface area contributed by atoms with Crippen molar-refractivity contribution in [1.82, 2.24) is 14.2 Å². The number of amides is 3. The van der Waals surface area contributed by atoms with E-state index in [9.17, 15) is 22.8 Å². The van der Waals surface area contributed by atoms with Crippen LogP contribution in [0, 0.1) is 11.8 Å². The van der Waals surface area contributed by atoms with Gasteiger partial charge in [-0.15, -0.1) is 0 Å². The lowest BCUT2D eigenvalue weighted by Crippen LogP contribution is -2.40. The molecule has 0 radical (unpaired) electrons. The van der Waals surface area contributed by atoms with E-state index in [-0.39, 0.29) is 33.0 Å². The molecule has 11 heteroatoms.